The van der Waals surface area contributed by atoms with Crippen LogP contribution in [0.4, 0.5) is 32.0 Å². The lowest BCUT2D eigenvalue weighted by Crippen LogP contribution is -2.53. The molecule has 2 rings (SSSR count). The van der Waals surface area contributed by atoms with Crippen molar-refractivity contribution in [2.45, 2.75) is 56.1 Å². The molecule has 10 heteroatoms. The summed E-state index contributed by atoms with van der Waals surface area (Å²) in [6, 6.07) is 3.02. The van der Waals surface area contributed by atoms with Gasteiger partial charge in [0.15, 0.2) is 0 Å². The molecule has 1 aliphatic carbocycles. The minimum Gasteiger partial charge on any atom is -0.464 e. The Morgan fingerprint density at radius 1 is 1.07 bits per heavy atom. The maximum absolute atomic E-state index is 12.9. The van der Waals surface area contributed by atoms with Crippen molar-refractivity contribution >= 4 is 11.7 Å². The number of carbonyl (C=O) groups excluding carboxylic acids is 1. The Balaban J connectivity index is 2.32. The first kappa shape index (κ1) is 21.3. The number of esters is 1. The van der Waals surface area contributed by atoms with Gasteiger partial charge in [0.1, 0.15) is 5.54 Å². The fourth-order valence-electron chi connectivity index (χ4n) is 3.19. The highest BCUT2D eigenvalue weighted by molar-refractivity contribution is 5.85. The number of benzene rings is 1. The summed E-state index contributed by atoms with van der Waals surface area (Å²) in [5, 5.41) is 12.3. The summed E-state index contributed by atoms with van der Waals surface area (Å²) in [5.74, 6) is -0.520. The Morgan fingerprint density at radius 3 is 1.96 bits per heavy atom. The fraction of sp³-hybridized carbons (Fsp3) is 0.588. The number of rotatable bonds is 5. The summed E-state index contributed by atoms with van der Waals surface area (Å²) in [4.78, 5) is 12.2. The van der Waals surface area contributed by atoms with Crippen LogP contribution in [-0.4, -0.2) is 35.6 Å². The van der Waals surface area contributed by atoms with Crippen LogP contribution in [0.5, 0.6) is 0 Å². The standard InChI is InChI=1S/C17H19F6NO3/c1-2-27-13(25)14(9-3-4-10-14)24-12-7-5-11(6-8-12)15(26,16(18,19)20)17(21,22)23/h5-8,24,26H,2-4,9-10H2,1H3. The van der Waals surface area contributed by atoms with Gasteiger partial charge in [-0.05, 0) is 31.9 Å². The van der Waals surface area contributed by atoms with Crippen molar-refractivity contribution in [3.05, 3.63) is 29.8 Å². The van der Waals surface area contributed by atoms with E-state index < -0.39 is 35.0 Å². The average molecular weight is 399 g/mol. The fourth-order valence-corrected chi connectivity index (χ4v) is 3.19. The molecule has 1 fully saturated rings. The van der Waals surface area contributed by atoms with E-state index in [1.54, 1.807) is 6.92 Å². The Morgan fingerprint density at radius 2 is 1.56 bits per heavy atom. The zero-order chi connectivity index (χ0) is 20.5. The molecule has 27 heavy (non-hydrogen) atoms. The molecule has 1 aliphatic rings. The first-order chi connectivity index (χ1) is 12.4. The molecule has 1 aromatic rings. The Bertz CT molecular complexity index is 649. The number of nitrogens with one attached hydrogen (secondary N) is 1. The van der Waals surface area contributed by atoms with Crippen LogP contribution >= 0.6 is 0 Å². The van der Waals surface area contributed by atoms with E-state index in [0.29, 0.717) is 25.0 Å². The summed E-state index contributed by atoms with van der Waals surface area (Å²) in [6.45, 7) is 1.77. The molecule has 0 heterocycles. The van der Waals surface area contributed by atoms with Crippen LogP contribution in [0.15, 0.2) is 24.3 Å². The van der Waals surface area contributed by atoms with Crippen molar-refractivity contribution in [3.63, 3.8) is 0 Å². The van der Waals surface area contributed by atoms with E-state index in [-0.39, 0.29) is 12.3 Å². The number of halogens is 6. The SMILES string of the molecule is CCOC(=O)C1(Nc2ccc(C(O)(C(F)(F)F)C(F)(F)F)cc2)CCCC1. The third-order valence-corrected chi connectivity index (χ3v) is 4.63. The van der Waals surface area contributed by atoms with Gasteiger partial charge in [0.05, 0.1) is 6.61 Å². The number of hydrogen-bond acceptors (Lipinski definition) is 4. The second kappa shape index (κ2) is 7.21. The molecule has 0 amide bonds. The van der Waals surface area contributed by atoms with Crippen LogP contribution in [0.2, 0.25) is 0 Å². The van der Waals surface area contributed by atoms with Gasteiger partial charge in [-0.25, -0.2) is 4.79 Å². The quantitative estimate of drug-likeness (QED) is 0.573. The lowest BCUT2D eigenvalue weighted by molar-refractivity contribution is -0.376. The smallest absolute Gasteiger partial charge is 0.430 e. The molecule has 0 saturated heterocycles. The third-order valence-electron chi connectivity index (χ3n) is 4.63. The summed E-state index contributed by atoms with van der Waals surface area (Å²) < 4.78 is 82.5. The topological polar surface area (TPSA) is 58.6 Å². The van der Waals surface area contributed by atoms with Crippen LogP contribution in [0.3, 0.4) is 0 Å². The highest BCUT2D eigenvalue weighted by Crippen LogP contribution is 2.50. The van der Waals surface area contributed by atoms with Crippen LogP contribution in [0, 0.1) is 0 Å². The van der Waals surface area contributed by atoms with E-state index in [4.69, 9.17) is 4.74 Å². The van der Waals surface area contributed by atoms with Crippen molar-refractivity contribution < 1.29 is 41.0 Å². The lowest BCUT2D eigenvalue weighted by Gasteiger charge is -2.33. The molecule has 1 aromatic carbocycles. The van der Waals surface area contributed by atoms with Crippen molar-refractivity contribution in [3.8, 4) is 0 Å². The highest BCUT2D eigenvalue weighted by Gasteiger charge is 2.71. The molecule has 0 atom stereocenters. The molecule has 4 nitrogen and oxygen atoms in total. The number of anilines is 1. The summed E-state index contributed by atoms with van der Waals surface area (Å²) in [6.07, 6.45) is -9.57. The zero-order valence-electron chi connectivity index (χ0n) is 14.4. The number of ether oxygens (including phenoxy) is 1. The Hall–Kier alpha value is -1.97. The molecule has 0 unspecified atom stereocenters. The van der Waals surface area contributed by atoms with E-state index in [2.05, 4.69) is 5.32 Å². The van der Waals surface area contributed by atoms with Gasteiger partial charge in [-0.15, -0.1) is 0 Å². The van der Waals surface area contributed by atoms with Gasteiger partial charge in [-0.2, -0.15) is 26.3 Å². The Kier molecular flexibility index (Phi) is 5.70. The molecule has 0 aliphatic heterocycles. The summed E-state index contributed by atoms with van der Waals surface area (Å²) in [5.41, 5.74) is -7.25. The predicted molar refractivity (Wildman–Crippen MR) is 83.9 cm³/mol. The van der Waals surface area contributed by atoms with Crippen LogP contribution < -0.4 is 5.32 Å². The molecule has 0 bridgehead atoms. The number of aliphatic hydroxyl groups is 1. The van der Waals surface area contributed by atoms with Crippen molar-refractivity contribution in [1.29, 1.82) is 0 Å². The minimum absolute atomic E-state index is 0.144. The molecule has 2 N–H and O–H groups in total. The molecule has 152 valence electrons. The highest BCUT2D eigenvalue weighted by atomic mass is 19.4. The molecule has 0 aromatic heterocycles. The number of alkyl halides is 6. The number of hydrogen-bond donors (Lipinski definition) is 2. The van der Waals surface area contributed by atoms with E-state index >= 15 is 0 Å². The zero-order valence-corrected chi connectivity index (χ0v) is 14.4. The van der Waals surface area contributed by atoms with Crippen LogP contribution in [0.25, 0.3) is 0 Å². The summed E-state index contributed by atoms with van der Waals surface area (Å²) in [7, 11) is 0. The largest absolute Gasteiger partial charge is 0.464 e. The van der Waals surface area contributed by atoms with E-state index in [9.17, 15) is 36.2 Å². The first-order valence-corrected chi connectivity index (χ1v) is 8.29. The molecule has 0 radical (unpaired) electrons. The molecule has 1 saturated carbocycles. The van der Waals surface area contributed by atoms with Gasteiger partial charge in [0.25, 0.3) is 5.60 Å². The summed E-state index contributed by atoms with van der Waals surface area (Å²) >= 11 is 0. The second-order valence-electron chi connectivity index (χ2n) is 6.42. The minimum atomic E-state index is -5.95. The van der Waals surface area contributed by atoms with E-state index in [1.165, 1.54) is 0 Å². The van der Waals surface area contributed by atoms with Crippen molar-refractivity contribution in [2.24, 2.45) is 0 Å². The molecular formula is C17H19F6NO3. The van der Waals surface area contributed by atoms with Gasteiger partial charge in [0.2, 0.25) is 0 Å². The van der Waals surface area contributed by atoms with Crippen molar-refractivity contribution in [2.75, 3.05) is 11.9 Å². The maximum atomic E-state index is 12.9. The average Bonchev–Trinajstić information content (AvgIpc) is 3.03. The van der Waals surface area contributed by atoms with Crippen LogP contribution in [-0.2, 0) is 15.1 Å². The lowest BCUT2D eigenvalue weighted by atomic mass is 9.91. The first-order valence-electron chi connectivity index (χ1n) is 8.29. The van der Waals surface area contributed by atoms with Gasteiger partial charge >= 0.3 is 18.3 Å². The maximum Gasteiger partial charge on any atom is 0.430 e. The predicted octanol–water partition coefficient (Wildman–Crippen LogP) is 4.29. The van der Waals surface area contributed by atoms with Gasteiger partial charge in [-0.3, -0.25) is 0 Å². The normalized spacial score (nSPS) is 17.6. The second-order valence-corrected chi connectivity index (χ2v) is 6.42. The van der Waals surface area contributed by atoms with Gasteiger partial charge in [-0.1, -0.05) is 25.0 Å². The molecule has 0 spiro atoms. The third kappa shape index (κ3) is 3.85. The van der Waals surface area contributed by atoms with Gasteiger partial charge in [0, 0.05) is 11.3 Å². The molecular weight excluding hydrogens is 380 g/mol. The monoisotopic (exact) mass is 399 g/mol. The van der Waals surface area contributed by atoms with Crippen LogP contribution in [0.1, 0.15) is 38.2 Å². The van der Waals surface area contributed by atoms with Gasteiger partial charge < -0.3 is 15.2 Å². The van der Waals surface area contributed by atoms with Crippen molar-refractivity contribution in [1.82, 2.24) is 0 Å². The Labute approximate surface area is 151 Å². The van der Waals surface area contributed by atoms with E-state index in [1.807, 2.05) is 0 Å². The number of carbonyl (C=O) groups is 1. The van der Waals surface area contributed by atoms with E-state index in [0.717, 1.165) is 25.0 Å².